The Hall–Kier alpha value is -1.31. The Bertz CT molecular complexity index is 230. The van der Waals surface area contributed by atoms with Crippen molar-refractivity contribution in [3.05, 3.63) is 29.8 Å². The highest BCUT2D eigenvalue weighted by Crippen LogP contribution is 2.09. The molecular formula is C8H10N2. The highest BCUT2D eigenvalue weighted by molar-refractivity contribution is 5.62. The highest BCUT2D eigenvalue weighted by Gasteiger charge is 1.92. The van der Waals surface area contributed by atoms with Gasteiger partial charge in [-0.05, 0) is 17.8 Å². The van der Waals surface area contributed by atoms with Gasteiger partial charge in [-0.15, -0.1) is 0 Å². The summed E-state index contributed by atoms with van der Waals surface area (Å²) in [7, 11) is 0. The van der Waals surface area contributed by atoms with Crippen LogP contribution >= 0.6 is 0 Å². The Balaban J connectivity index is 2.91. The summed E-state index contributed by atoms with van der Waals surface area (Å²) in [4.78, 5) is 0. The summed E-state index contributed by atoms with van der Waals surface area (Å²) in [5.74, 6) is 0. The average Bonchev–Trinajstić information content (AvgIpc) is 1.94. The zero-order valence-electron chi connectivity index (χ0n) is 5.67. The van der Waals surface area contributed by atoms with E-state index in [9.17, 15) is 0 Å². The van der Waals surface area contributed by atoms with Crippen molar-refractivity contribution in [3.8, 4) is 0 Å². The van der Waals surface area contributed by atoms with Crippen LogP contribution in [0.1, 0.15) is 5.56 Å². The van der Waals surface area contributed by atoms with Gasteiger partial charge in [-0.25, -0.2) is 0 Å². The van der Waals surface area contributed by atoms with E-state index in [4.69, 9.17) is 11.1 Å². The van der Waals surface area contributed by atoms with Crippen LogP contribution in [0.4, 0.5) is 5.69 Å². The second kappa shape index (κ2) is 3.01. The lowest BCUT2D eigenvalue weighted by Crippen LogP contribution is -1.93. The Morgan fingerprint density at radius 1 is 1.40 bits per heavy atom. The van der Waals surface area contributed by atoms with E-state index in [-0.39, 0.29) is 0 Å². The van der Waals surface area contributed by atoms with Gasteiger partial charge in [-0.3, -0.25) is 0 Å². The lowest BCUT2D eigenvalue weighted by atomic mass is 10.1. The smallest absolute Gasteiger partial charge is 0.0350 e. The van der Waals surface area contributed by atoms with Crippen molar-refractivity contribution in [2.75, 3.05) is 5.73 Å². The van der Waals surface area contributed by atoms with E-state index in [1.165, 1.54) is 6.21 Å². The van der Waals surface area contributed by atoms with Crippen molar-refractivity contribution < 1.29 is 0 Å². The van der Waals surface area contributed by atoms with E-state index >= 15 is 0 Å². The first-order valence-corrected chi connectivity index (χ1v) is 3.17. The van der Waals surface area contributed by atoms with Gasteiger partial charge in [0.2, 0.25) is 0 Å². The minimum Gasteiger partial charge on any atom is -0.398 e. The summed E-state index contributed by atoms with van der Waals surface area (Å²) in [6.07, 6.45) is 1.98. The van der Waals surface area contributed by atoms with Crippen molar-refractivity contribution in [2.45, 2.75) is 6.42 Å². The molecule has 10 heavy (non-hydrogen) atoms. The maximum Gasteiger partial charge on any atom is 0.0350 e. The van der Waals surface area contributed by atoms with Crippen LogP contribution in [0.5, 0.6) is 0 Å². The molecule has 0 atom stereocenters. The molecule has 0 bridgehead atoms. The normalized spacial score (nSPS) is 9.20. The quantitative estimate of drug-likeness (QED) is 0.467. The molecule has 0 aliphatic heterocycles. The lowest BCUT2D eigenvalue weighted by molar-refractivity contribution is 1.33. The molecular weight excluding hydrogens is 124 g/mol. The molecule has 0 radical (unpaired) electrons. The number of rotatable bonds is 2. The van der Waals surface area contributed by atoms with Crippen LogP contribution < -0.4 is 5.73 Å². The first kappa shape index (κ1) is 6.81. The molecule has 1 aromatic carbocycles. The molecule has 0 aliphatic rings. The summed E-state index contributed by atoms with van der Waals surface area (Å²) in [6.45, 7) is 0. The first-order chi connectivity index (χ1) is 4.84. The third kappa shape index (κ3) is 1.35. The number of hydrogen-bond donors (Lipinski definition) is 2. The van der Waals surface area contributed by atoms with E-state index in [2.05, 4.69) is 0 Å². The van der Waals surface area contributed by atoms with Crippen molar-refractivity contribution in [1.29, 1.82) is 5.41 Å². The van der Waals surface area contributed by atoms with Gasteiger partial charge >= 0.3 is 0 Å². The third-order valence-electron chi connectivity index (χ3n) is 1.38. The fourth-order valence-corrected chi connectivity index (χ4v) is 0.830. The second-order valence-electron chi connectivity index (χ2n) is 2.11. The molecule has 3 N–H and O–H groups in total. The topological polar surface area (TPSA) is 49.9 Å². The predicted octanol–water partition coefficient (Wildman–Crippen LogP) is 1.46. The monoisotopic (exact) mass is 134 g/mol. The Labute approximate surface area is 60.2 Å². The van der Waals surface area contributed by atoms with Gasteiger partial charge in [0, 0.05) is 12.1 Å². The number of nitrogens with one attached hydrogen (secondary N) is 1. The predicted molar refractivity (Wildman–Crippen MR) is 43.3 cm³/mol. The minimum absolute atomic E-state index is 0.632. The summed E-state index contributed by atoms with van der Waals surface area (Å²) in [6, 6.07) is 7.59. The van der Waals surface area contributed by atoms with Crippen LogP contribution in [0.15, 0.2) is 24.3 Å². The molecule has 0 saturated heterocycles. The molecule has 0 saturated carbocycles. The molecule has 0 aliphatic carbocycles. The van der Waals surface area contributed by atoms with Crippen molar-refractivity contribution in [1.82, 2.24) is 0 Å². The summed E-state index contributed by atoms with van der Waals surface area (Å²) >= 11 is 0. The SMILES string of the molecule is N=CCc1ccccc1N. The van der Waals surface area contributed by atoms with Crippen LogP contribution in [0.2, 0.25) is 0 Å². The molecule has 1 rings (SSSR count). The molecule has 0 fully saturated rings. The number of para-hydroxylation sites is 1. The van der Waals surface area contributed by atoms with E-state index in [0.29, 0.717) is 6.42 Å². The van der Waals surface area contributed by atoms with Crippen molar-refractivity contribution in [2.24, 2.45) is 0 Å². The molecule has 0 aromatic heterocycles. The van der Waals surface area contributed by atoms with Crippen LogP contribution in [0, 0.1) is 5.41 Å². The fraction of sp³-hybridized carbons (Fsp3) is 0.125. The van der Waals surface area contributed by atoms with E-state index in [1.54, 1.807) is 0 Å². The van der Waals surface area contributed by atoms with Crippen LogP contribution in [-0.2, 0) is 6.42 Å². The zero-order chi connectivity index (χ0) is 7.40. The molecule has 1 aromatic rings. The third-order valence-corrected chi connectivity index (χ3v) is 1.38. The number of benzene rings is 1. The van der Waals surface area contributed by atoms with Gasteiger partial charge < -0.3 is 11.1 Å². The Morgan fingerprint density at radius 3 is 2.70 bits per heavy atom. The van der Waals surface area contributed by atoms with Gasteiger partial charge in [0.05, 0.1) is 0 Å². The van der Waals surface area contributed by atoms with Gasteiger partial charge in [-0.1, -0.05) is 18.2 Å². The molecule has 0 heterocycles. The number of hydrogen-bond acceptors (Lipinski definition) is 2. The second-order valence-corrected chi connectivity index (χ2v) is 2.11. The molecule has 2 nitrogen and oxygen atoms in total. The molecule has 52 valence electrons. The van der Waals surface area contributed by atoms with Gasteiger partial charge in [0.15, 0.2) is 0 Å². The Kier molecular flexibility index (Phi) is 2.05. The number of nitrogen functional groups attached to an aromatic ring is 1. The highest BCUT2D eigenvalue weighted by atomic mass is 14.6. The van der Waals surface area contributed by atoms with E-state index in [1.807, 2.05) is 24.3 Å². The first-order valence-electron chi connectivity index (χ1n) is 3.17. The van der Waals surface area contributed by atoms with Crippen molar-refractivity contribution >= 4 is 11.9 Å². The minimum atomic E-state index is 0.632. The maximum atomic E-state index is 6.86. The molecule has 0 unspecified atom stereocenters. The zero-order valence-corrected chi connectivity index (χ0v) is 5.67. The Morgan fingerprint density at radius 2 is 2.10 bits per heavy atom. The standard InChI is InChI=1S/C8H10N2/c9-6-5-7-3-1-2-4-8(7)10/h1-4,6,9H,5,10H2. The maximum absolute atomic E-state index is 6.86. The van der Waals surface area contributed by atoms with Gasteiger partial charge in [-0.2, -0.15) is 0 Å². The summed E-state index contributed by atoms with van der Waals surface area (Å²) < 4.78 is 0. The van der Waals surface area contributed by atoms with Crippen molar-refractivity contribution in [3.63, 3.8) is 0 Å². The average molecular weight is 134 g/mol. The molecule has 0 amide bonds. The number of nitrogens with two attached hydrogens (primary N) is 1. The summed E-state index contributed by atoms with van der Waals surface area (Å²) in [5.41, 5.74) is 7.40. The van der Waals surface area contributed by atoms with E-state index in [0.717, 1.165) is 11.3 Å². The molecule has 0 spiro atoms. The van der Waals surface area contributed by atoms with E-state index < -0.39 is 0 Å². The lowest BCUT2D eigenvalue weighted by Gasteiger charge is -1.98. The number of anilines is 1. The van der Waals surface area contributed by atoms with Crippen LogP contribution in [0.3, 0.4) is 0 Å². The van der Waals surface area contributed by atoms with Crippen LogP contribution in [0.25, 0.3) is 0 Å². The fourth-order valence-electron chi connectivity index (χ4n) is 0.830. The molecule has 2 heteroatoms. The summed E-state index contributed by atoms with van der Waals surface area (Å²) in [5, 5.41) is 6.86. The van der Waals surface area contributed by atoms with Gasteiger partial charge in [0.25, 0.3) is 0 Å². The van der Waals surface area contributed by atoms with Crippen LogP contribution in [-0.4, -0.2) is 6.21 Å². The van der Waals surface area contributed by atoms with Gasteiger partial charge in [0.1, 0.15) is 0 Å². The largest absolute Gasteiger partial charge is 0.398 e.